The van der Waals surface area contributed by atoms with Gasteiger partial charge in [0, 0.05) is 0 Å². The van der Waals surface area contributed by atoms with E-state index in [-0.39, 0.29) is 0 Å². The van der Waals surface area contributed by atoms with Crippen LogP contribution in [0.1, 0.15) is 6.42 Å². The Morgan fingerprint density at radius 1 is 1.57 bits per heavy atom. The van der Waals surface area contributed by atoms with Crippen molar-refractivity contribution in [2.24, 2.45) is 5.73 Å². The van der Waals surface area contributed by atoms with Gasteiger partial charge in [-0.05, 0) is 18.7 Å². The highest BCUT2D eigenvalue weighted by atomic mass is 32.2. The third-order valence-electron chi connectivity index (χ3n) is 0.637. The van der Waals surface area contributed by atoms with Crippen LogP contribution < -0.4 is 5.73 Å². The van der Waals surface area contributed by atoms with Crippen molar-refractivity contribution in [1.29, 1.82) is 0 Å². The first-order valence-corrected chi connectivity index (χ1v) is 3.64. The average Bonchev–Trinajstić information content (AvgIpc) is 1.69. The molecule has 0 spiro atoms. The van der Waals surface area contributed by atoms with Crippen LogP contribution in [0, 0.1) is 6.92 Å². The molecule has 1 nitrogen and oxygen atoms in total. The van der Waals surface area contributed by atoms with E-state index in [0.717, 1.165) is 18.7 Å². The summed E-state index contributed by atoms with van der Waals surface area (Å²) in [7, 11) is 0. The maximum atomic E-state index is 5.24. The molecule has 0 aliphatic carbocycles. The van der Waals surface area contributed by atoms with Crippen molar-refractivity contribution in [2.45, 2.75) is 6.42 Å². The molecule has 42 valence electrons. The smallest absolute Gasteiger partial charge is 0.130 e. The third kappa shape index (κ3) is 6.18. The second kappa shape index (κ2) is 6.18. The molecule has 0 saturated heterocycles. The van der Waals surface area contributed by atoms with Crippen LogP contribution in [-0.4, -0.2) is 18.1 Å². The van der Waals surface area contributed by atoms with Crippen molar-refractivity contribution in [3.05, 3.63) is 6.92 Å². The highest BCUT2D eigenvalue weighted by Gasteiger charge is 1.83. The highest BCUT2D eigenvalue weighted by molar-refractivity contribution is 7.99. The molecular weight excluding hydrogens is 106 g/mol. The van der Waals surface area contributed by atoms with E-state index in [9.17, 15) is 0 Å². The van der Waals surface area contributed by atoms with E-state index in [1.165, 1.54) is 5.75 Å². The van der Waals surface area contributed by atoms with E-state index < -0.39 is 0 Å². The monoisotopic (exact) mass is 118 g/mol. The summed E-state index contributed by atoms with van der Waals surface area (Å²) in [6, 6.07) is 0. The van der Waals surface area contributed by atoms with Gasteiger partial charge in [0.05, 0.1) is 6.92 Å². The molecule has 0 amide bonds. The fourth-order valence-corrected chi connectivity index (χ4v) is 0.862. The number of hydrogen-bond acceptors (Lipinski definition) is 2. The summed E-state index contributed by atoms with van der Waals surface area (Å²) in [5, 5.41) is 0. The van der Waals surface area contributed by atoms with Crippen molar-refractivity contribution >= 4 is 11.8 Å². The molecule has 2 N–H and O–H groups in total. The fraction of sp³-hybridized carbons (Fsp3) is 0.800. The zero-order valence-corrected chi connectivity index (χ0v) is 5.34. The normalized spacial score (nSPS) is 9.29. The Kier molecular flexibility index (Phi) is 6.34. The lowest BCUT2D eigenvalue weighted by atomic mass is 10.5. The Balaban J connectivity index is 2.45. The molecule has 0 heterocycles. The molecule has 0 aliphatic heterocycles. The molecule has 0 aliphatic rings. The molecule has 7 heavy (non-hydrogen) atoms. The Labute approximate surface area is 49.7 Å². The molecule has 0 rings (SSSR count). The van der Waals surface area contributed by atoms with Gasteiger partial charge in [0.2, 0.25) is 0 Å². The van der Waals surface area contributed by atoms with Gasteiger partial charge in [-0.15, -0.1) is 11.8 Å². The average molecular weight is 118 g/mol. The molecule has 0 radical (unpaired) electrons. The van der Waals surface area contributed by atoms with Crippen molar-refractivity contribution < 1.29 is 0 Å². The van der Waals surface area contributed by atoms with Gasteiger partial charge in [0.15, 0.2) is 0 Å². The van der Waals surface area contributed by atoms with Crippen molar-refractivity contribution in [3.8, 4) is 0 Å². The van der Waals surface area contributed by atoms with Crippen molar-refractivity contribution in [3.63, 3.8) is 0 Å². The first kappa shape index (κ1) is 7.18. The summed E-state index contributed by atoms with van der Waals surface area (Å²) in [5.74, 6) is 2.14. The van der Waals surface area contributed by atoms with Crippen LogP contribution in [0.5, 0.6) is 0 Å². The van der Waals surface area contributed by atoms with Crippen LogP contribution in [0.15, 0.2) is 0 Å². The number of rotatable bonds is 4. The summed E-state index contributed by atoms with van der Waals surface area (Å²) >= 11 is 1.84. The van der Waals surface area contributed by atoms with E-state index in [4.69, 9.17) is 5.73 Å². The van der Waals surface area contributed by atoms with Gasteiger partial charge >= 0.3 is 0 Å². The van der Waals surface area contributed by atoms with Crippen LogP contribution in [-0.2, 0) is 0 Å². The predicted molar refractivity (Wildman–Crippen MR) is 36.4 cm³/mol. The lowest BCUT2D eigenvalue weighted by molar-refractivity contribution is 0.944. The van der Waals surface area contributed by atoms with Crippen LogP contribution in [0.25, 0.3) is 0 Å². The molecular formula is C5H12NS+. The minimum atomic E-state index is 0.812. The van der Waals surface area contributed by atoms with Gasteiger partial charge in [-0.3, -0.25) is 0 Å². The standard InChI is InChI=1S/C5H12NS/c1-2-7-5-3-4-6/h1-6H2/q+1. The van der Waals surface area contributed by atoms with E-state index in [2.05, 4.69) is 6.92 Å². The molecule has 0 aromatic carbocycles. The summed E-state index contributed by atoms with van der Waals surface area (Å²) in [4.78, 5) is 0. The Hall–Kier alpha value is 0.180. The molecule has 0 unspecified atom stereocenters. The molecule has 0 aromatic rings. The summed E-state index contributed by atoms with van der Waals surface area (Å²) < 4.78 is 0. The van der Waals surface area contributed by atoms with Gasteiger partial charge in [0.1, 0.15) is 5.75 Å². The number of nitrogens with two attached hydrogens (primary N) is 1. The lowest BCUT2D eigenvalue weighted by Gasteiger charge is -1.88. The Bertz CT molecular complexity index is 27.3. The number of hydrogen-bond donors (Lipinski definition) is 1. The molecule has 0 bridgehead atoms. The van der Waals surface area contributed by atoms with Crippen molar-refractivity contribution in [2.75, 3.05) is 18.1 Å². The van der Waals surface area contributed by atoms with Gasteiger partial charge < -0.3 is 5.73 Å². The maximum Gasteiger partial charge on any atom is 0.130 e. The van der Waals surface area contributed by atoms with Crippen LogP contribution >= 0.6 is 11.8 Å². The number of thioether (sulfide) groups is 1. The zero-order valence-electron chi connectivity index (χ0n) is 4.52. The van der Waals surface area contributed by atoms with Crippen LogP contribution in [0.3, 0.4) is 0 Å². The second-order valence-electron chi connectivity index (χ2n) is 1.25. The topological polar surface area (TPSA) is 26.0 Å². The quantitative estimate of drug-likeness (QED) is 0.438. The molecule has 2 heteroatoms. The van der Waals surface area contributed by atoms with E-state index in [0.29, 0.717) is 0 Å². The van der Waals surface area contributed by atoms with E-state index in [1.807, 2.05) is 11.8 Å². The molecule has 0 aromatic heterocycles. The first-order chi connectivity index (χ1) is 3.41. The van der Waals surface area contributed by atoms with Gasteiger partial charge in [-0.2, -0.15) is 0 Å². The Morgan fingerprint density at radius 2 is 2.29 bits per heavy atom. The minimum absolute atomic E-state index is 0.812. The van der Waals surface area contributed by atoms with Gasteiger partial charge in [-0.25, -0.2) is 0 Å². The molecule has 0 fully saturated rings. The largest absolute Gasteiger partial charge is 0.330 e. The molecule has 0 saturated carbocycles. The minimum Gasteiger partial charge on any atom is -0.330 e. The zero-order chi connectivity index (χ0) is 5.54. The summed E-state index contributed by atoms with van der Waals surface area (Å²) in [6.45, 7) is 4.49. The van der Waals surface area contributed by atoms with Crippen molar-refractivity contribution in [1.82, 2.24) is 0 Å². The highest BCUT2D eigenvalue weighted by Crippen LogP contribution is 1.97. The third-order valence-corrected chi connectivity index (χ3v) is 1.50. The van der Waals surface area contributed by atoms with E-state index in [1.54, 1.807) is 0 Å². The lowest BCUT2D eigenvalue weighted by Crippen LogP contribution is -1.99. The first-order valence-electron chi connectivity index (χ1n) is 2.49. The maximum absolute atomic E-state index is 5.24. The van der Waals surface area contributed by atoms with Crippen LogP contribution in [0.2, 0.25) is 0 Å². The predicted octanol–water partition coefficient (Wildman–Crippen LogP) is 0.902. The van der Waals surface area contributed by atoms with Gasteiger partial charge in [0.25, 0.3) is 0 Å². The SMILES string of the molecule is [CH2+]CSCCCN. The van der Waals surface area contributed by atoms with Crippen LogP contribution in [0.4, 0.5) is 0 Å². The molecule has 0 atom stereocenters. The second-order valence-corrected chi connectivity index (χ2v) is 2.48. The summed E-state index contributed by atoms with van der Waals surface area (Å²) in [6.07, 6.45) is 1.13. The Morgan fingerprint density at radius 3 is 2.71 bits per heavy atom. The summed E-state index contributed by atoms with van der Waals surface area (Å²) in [5.41, 5.74) is 5.24. The van der Waals surface area contributed by atoms with Gasteiger partial charge in [-0.1, -0.05) is 0 Å². The fourth-order valence-electron chi connectivity index (χ4n) is 0.287. The van der Waals surface area contributed by atoms with E-state index >= 15 is 0 Å².